The highest BCUT2D eigenvalue weighted by Gasteiger charge is 2.26. The van der Waals surface area contributed by atoms with Crippen LogP contribution >= 0.6 is 0 Å². The summed E-state index contributed by atoms with van der Waals surface area (Å²) in [6, 6.07) is 8.17. The summed E-state index contributed by atoms with van der Waals surface area (Å²) in [5.41, 5.74) is 1.15. The number of hydrogen-bond acceptors (Lipinski definition) is 3. The van der Waals surface area contributed by atoms with Gasteiger partial charge in [-0.25, -0.2) is 0 Å². The highest BCUT2D eigenvalue weighted by Crippen LogP contribution is 2.21. The van der Waals surface area contributed by atoms with E-state index in [1.54, 1.807) is 7.11 Å². The van der Waals surface area contributed by atoms with Gasteiger partial charge in [0.1, 0.15) is 5.75 Å². The Morgan fingerprint density at radius 1 is 1.48 bits per heavy atom. The number of rotatable bonds is 5. The van der Waals surface area contributed by atoms with Crippen molar-refractivity contribution in [2.75, 3.05) is 27.2 Å². The van der Waals surface area contributed by atoms with E-state index in [4.69, 9.17) is 4.74 Å². The third kappa shape index (κ3) is 3.97. The monoisotopic (exact) mass is 290 g/mol. The molecule has 1 fully saturated rings. The second kappa shape index (κ2) is 7.46. The molecule has 2 atom stereocenters. The van der Waals surface area contributed by atoms with E-state index in [1.807, 2.05) is 30.1 Å². The minimum Gasteiger partial charge on any atom is -0.496 e. The number of carbonyl (C=O) groups excluding carboxylic acids is 1. The highest BCUT2D eigenvalue weighted by atomic mass is 16.5. The molecule has 0 saturated carbocycles. The van der Waals surface area contributed by atoms with Crippen molar-refractivity contribution in [3.05, 3.63) is 29.8 Å². The van der Waals surface area contributed by atoms with Crippen molar-refractivity contribution in [3.8, 4) is 5.75 Å². The van der Waals surface area contributed by atoms with Crippen molar-refractivity contribution >= 4 is 5.91 Å². The molecule has 1 heterocycles. The zero-order valence-electron chi connectivity index (χ0n) is 13.3. The highest BCUT2D eigenvalue weighted by molar-refractivity contribution is 5.79. The maximum Gasteiger partial charge on any atom is 0.226 e. The first-order valence-corrected chi connectivity index (χ1v) is 7.72. The molecule has 1 aromatic carbocycles. The van der Waals surface area contributed by atoms with E-state index in [2.05, 4.69) is 18.3 Å². The van der Waals surface area contributed by atoms with Crippen molar-refractivity contribution in [1.82, 2.24) is 10.2 Å². The molecular formula is C17H26N2O2. The molecule has 4 nitrogen and oxygen atoms in total. The van der Waals surface area contributed by atoms with Crippen molar-refractivity contribution in [1.29, 1.82) is 0 Å². The van der Waals surface area contributed by atoms with Gasteiger partial charge in [0.2, 0.25) is 5.91 Å². The Balaban J connectivity index is 1.98. The van der Waals surface area contributed by atoms with Crippen molar-refractivity contribution in [3.63, 3.8) is 0 Å². The average Bonchev–Trinajstić information content (AvgIpc) is 2.54. The number of amides is 1. The largest absolute Gasteiger partial charge is 0.496 e. The number of benzene rings is 1. The lowest BCUT2D eigenvalue weighted by Crippen LogP contribution is -2.45. The molecule has 1 amide bonds. The molecule has 1 aliphatic heterocycles. The lowest BCUT2D eigenvalue weighted by atomic mass is 9.97. The number of hydrogen-bond donors (Lipinski definition) is 1. The Labute approximate surface area is 127 Å². The van der Waals surface area contributed by atoms with E-state index >= 15 is 0 Å². The van der Waals surface area contributed by atoms with Gasteiger partial charge in [0.05, 0.1) is 13.0 Å². The fourth-order valence-electron chi connectivity index (χ4n) is 2.89. The maximum atomic E-state index is 12.5. The number of ether oxygens (including phenoxy) is 1. The lowest BCUT2D eigenvalue weighted by molar-refractivity contribution is -0.136. The van der Waals surface area contributed by atoms with Gasteiger partial charge in [-0.15, -0.1) is 0 Å². The zero-order valence-corrected chi connectivity index (χ0v) is 13.3. The molecule has 2 unspecified atom stereocenters. The van der Waals surface area contributed by atoms with Gasteiger partial charge in [0.15, 0.2) is 0 Å². The third-order valence-corrected chi connectivity index (χ3v) is 4.36. The first-order valence-electron chi connectivity index (χ1n) is 7.72. The minimum atomic E-state index is 0.129. The van der Waals surface area contributed by atoms with Crippen LogP contribution in [0.1, 0.15) is 25.3 Å². The van der Waals surface area contributed by atoms with Crippen LogP contribution < -0.4 is 10.1 Å². The molecule has 0 aromatic heterocycles. The molecule has 0 aliphatic carbocycles. The number of methoxy groups -OCH3 is 1. The fraction of sp³-hybridized carbons (Fsp3) is 0.588. The second-order valence-corrected chi connectivity index (χ2v) is 5.86. The minimum absolute atomic E-state index is 0.129. The van der Waals surface area contributed by atoms with Gasteiger partial charge in [-0.1, -0.05) is 18.2 Å². The van der Waals surface area contributed by atoms with Crippen LogP contribution in [0.25, 0.3) is 0 Å². The standard InChI is InChI=1S/C17H26N2O2/c1-13(11-14-7-4-5-9-16(14)21-3)19(2)17(20)15-8-6-10-18-12-15/h4-5,7,9,13,15,18H,6,8,10-12H2,1-3H3. The molecule has 0 bridgehead atoms. The fourth-order valence-corrected chi connectivity index (χ4v) is 2.89. The van der Waals surface area contributed by atoms with Crippen molar-refractivity contribution < 1.29 is 9.53 Å². The van der Waals surface area contributed by atoms with Crippen molar-refractivity contribution in [2.24, 2.45) is 5.92 Å². The van der Waals surface area contributed by atoms with Crippen LogP contribution in [0.3, 0.4) is 0 Å². The average molecular weight is 290 g/mol. The predicted molar refractivity (Wildman–Crippen MR) is 84.5 cm³/mol. The summed E-state index contributed by atoms with van der Waals surface area (Å²) in [5.74, 6) is 1.28. The third-order valence-electron chi connectivity index (χ3n) is 4.36. The summed E-state index contributed by atoms with van der Waals surface area (Å²) in [6.07, 6.45) is 2.90. The van der Waals surface area contributed by atoms with E-state index in [9.17, 15) is 4.79 Å². The SMILES string of the molecule is COc1ccccc1CC(C)N(C)C(=O)C1CCCNC1. The lowest BCUT2D eigenvalue weighted by Gasteiger charge is -2.31. The van der Waals surface area contributed by atoms with E-state index in [1.165, 1.54) is 0 Å². The summed E-state index contributed by atoms with van der Waals surface area (Å²) < 4.78 is 5.39. The summed E-state index contributed by atoms with van der Waals surface area (Å²) in [4.78, 5) is 14.4. The number of nitrogens with zero attached hydrogens (tertiary/aromatic N) is 1. The van der Waals surface area contributed by atoms with Crippen LogP contribution in [-0.2, 0) is 11.2 Å². The molecule has 21 heavy (non-hydrogen) atoms. The van der Waals surface area contributed by atoms with Gasteiger partial charge >= 0.3 is 0 Å². The van der Waals surface area contributed by atoms with Gasteiger partial charge in [0.25, 0.3) is 0 Å². The number of carbonyl (C=O) groups is 1. The maximum absolute atomic E-state index is 12.5. The molecule has 1 aliphatic rings. The Morgan fingerprint density at radius 2 is 2.24 bits per heavy atom. The molecule has 4 heteroatoms. The molecule has 0 spiro atoms. The number of piperidine rings is 1. The van der Waals surface area contributed by atoms with E-state index in [-0.39, 0.29) is 17.9 Å². The Hall–Kier alpha value is -1.55. The summed E-state index contributed by atoms with van der Waals surface area (Å²) in [6.45, 7) is 3.94. The van der Waals surface area contributed by atoms with Gasteiger partial charge in [-0.3, -0.25) is 4.79 Å². The summed E-state index contributed by atoms with van der Waals surface area (Å²) in [7, 11) is 3.60. The first kappa shape index (κ1) is 15.8. The Morgan fingerprint density at radius 3 is 2.90 bits per heavy atom. The van der Waals surface area contributed by atoms with Crippen LogP contribution in [0, 0.1) is 5.92 Å². The molecule has 116 valence electrons. The van der Waals surface area contributed by atoms with Gasteiger partial charge in [0, 0.05) is 19.6 Å². The smallest absolute Gasteiger partial charge is 0.226 e. The quantitative estimate of drug-likeness (QED) is 0.903. The molecule has 1 N–H and O–H groups in total. The second-order valence-electron chi connectivity index (χ2n) is 5.86. The first-order chi connectivity index (χ1) is 10.1. The van der Waals surface area contributed by atoms with Crippen LogP contribution in [0.5, 0.6) is 5.75 Å². The normalized spacial score (nSPS) is 19.9. The van der Waals surface area contributed by atoms with E-state index in [0.717, 1.165) is 43.7 Å². The summed E-state index contributed by atoms with van der Waals surface area (Å²) in [5, 5.41) is 3.31. The molecule has 1 saturated heterocycles. The predicted octanol–water partition coefficient (Wildman–Crippen LogP) is 2.08. The van der Waals surface area contributed by atoms with E-state index < -0.39 is 0 Å². The molecular weight excluding hydrogens is 264 g/mol. The molecule has 1 aromatic rings. The van der Waals surface area contributed by atoms with Crippen molar-refractivity contribution in [2.45, 2.75) is 32.2 Å². The van der Waals surface area contributed by atoms with Crippen LogP contribution in [0.15, 0.2) is 24.3 Å². The Bertz CT molecular complexity index is 470. The van der Waals surface area contributed by atoms with Gasteiger partial charge in [-0.2, -0.15) is 0 Å². The van der Waals surface area contributed by atoms with E-state index in [0.29, 0.717) is 0 Å². The zero-order chi connectivity index (χ0) is 15.2. The number of para-hydroxylation sites is 1. The molecule has 2 rings (SSSR count). The Kier molecular flexibility index (Phi) is 5.62. The molecule has 0 radical (unpaired) electrons. The van der Waals surface area contributed by atoms with Crippen LogP contribution in [0.4, 0.5) is 0 Å². The number of likely N-dealkylation sites (N-methyl/N-ethyl adjacent to an activating group) is 1. The van der Waals surface area contributed by atoms with Crippen LogP contribution in [0.2, 0.25) is 0 Å². The topological polar surface area (TPSA) is 41.6 Å². The van der Waals surface area contributed by atoms with Crippen LogP contribution in [-0.4, -0.2) is 44.1 Å². The van der Waals surface area contributed by atoms with Gasteiger partial charge in [-0.05, 0) is 44.4 Å². The summed E-state index contributed by atoms with van der Waals surface area (Å²) >= 11 is 0. The number of nitrogens with one attached hydrogen (secondary N) is 1. The van der Waals surface area contributed by atoms with Gasteiger partial charge < -0.3 is 15.0 Å².